The molecule has 4 rings (SSSR count). The fourth-order valence-electron chi connectivity index (χ4n) is 3.63. The van der Waals surface area contributed by atoms with Crippen LogP contribution in [0.5, 0.6) is 5.75 Å². The van der Waals surface area contributed by atoms with Crippen molar-refractivity contribution in [3.05, 3.63) is 113 Å². The molecule has 0 saturated heterocycles. The highest BCUT2D eigenvalue weighted by Gasteiger charge is 2.09. The van der Waals surface area contributed by atoms with Gasteiger partial charge in [-0.2, -0.15) is 5.10 Å². The number of rotatable bonds is 8. The number of aryl methyl sites for hydroxylation is 1. The first-order chi connectivity index (χ1) is 16.0. The molecule has 0 aliphatic carbocycles. The molecule has 5 nitrogen and oxygen atoms in total. The molecular formula is C28H29N3O2. The van der Waals surface area contributed by atoms with Gasteiger partial charge in [0.2, 0.25) is 0 Å². The number of amides is 1. The van der Waals surface area contributed by atoms with E-state index in [9.17, 15) is 4.79 Å². The predicted octanol–water partition coefficient (Wildman–Crippen LogP) is 6.19. The highest BCUT2D eigenvalue weighted by Crippen LogP contribution is 2.20. The summed E-state index contributed by atoms with van der Waals surface area (Å²) in [7, 11) is 0. The van der Waals surface area contributed by atoms with Gasteiger partial charge in [0, 0.05) is 11.8 Å². The Morgan fingerprint density at radius 3 is 2.52 bits per heavy atom. The summed E-state index contributed by atoms with van der Waals surface area (Å²) in [6.07, 6.45) is 3.51. The fourth-order valence-corrected chi connectivity index (χ4v) is 3.63. The Labute approximate surface area is 195 Å². The number of hydrogen-bond donors (Lipinski definition) is 1. The third-order valence-corrected chi connectivity index (χ3v) is 5.46. The van der Waals surface area contributed by atoms with Gasteiger partial charge in [-0.1, -0.05) is 67.9 Å². The topological polar surface area (TPSA) is 56.2 Å². The van der Waals surface area contributed by atoms with Crippen molar-refractivity contribution >= 4 is 11.6 Å². The molecule has 1 heterocycles. The Bertz CT molecular complexity index is 1230. The van der Waals surface area contributed by atoms with E-state index in [1.807, 2.05) is 47.3 Å². The lowest BCUT2D eigenvalue weighted by Crippen LogP contribution is -2.12. The van der Waals surface area contributed by atoms with Crippen molar-refractivity contribution in [1.82, 2.24) is 9.78 Å². The second kappa shape index (κ2) is 10.2. The first-order valence-electron chi connectivity index (χ1n) is 11.2. The minimum atomic E-state index is -0.173. The maximum Gasteiger partial charge on any atom is 0.255 e. The van der Waals surface area contributed by atoms with Crippen molar-refractivity contribution in [2.45, 2.75) is 39.8 Å². The zero-order valence-electron chi connectivity index (χ0n) is 19.3. The number of nitrogens with zero attached hydrogens (tertiary/aromatic N) is 2. The van der Waals surface area contributed by atoms with Gasteiger partial charge in [-0.05, 0) is 53.8 Å². The SMILES string of the molecule is Cc1cccc(Cn2cc(NC(=O)c3cccc(COc4ccc(C(C)C)cc4)c3)cn2)c1. The summed E-state index contributed by atoms with van der Waals surface area (Å²) < 4.78 is 7.72. The van der Waals surface area contributed by atoms with Crippen molar-refractivity contribution in [3.63, 3.8) is 0 Å². The molecule has 1 aromatic heterocycles. The maximum atomic E-state index is 12.8. The van der Waals surface area contributed by atoms with Crippen LogP contribution in [-0.2, 0) is 13.2 Å². The number of aromatic nitrogens is 2. The molecule has 0 fully saturated rings. The summed E-state index contributed by atoms with van der Waals surface area (Å²) in [6, 6.07) is 23.9. The van der Waals surface area contributed by atoms with E-state index in [4.69, 9.17) is 4.74 Å². The van der Waals surface area contributed by atoms with Crippen LogP contribution in [0, 0.1) is 6.92 Å². The summed E-state index contributed by atoms with van der Waals surface area (Å²) in [5, 5.41) is 7.30. The van der Waals surface area contributed by atoms with Crippen molar-refractivity contribution < 1.29 is 9.53 Å². The predicted molar refractivity (Wildman–Crippen MR) is 132 cm³/mol. The smallest absolute Gasteiger partial charge is 0.255 e. The van der Waals surface area contributed by atoms with Crippen LogP contribution in [-0.4, -0.2) is 15.7 Å². The van der Waals surface area contributed by atoms with Crippen LogP contribution in [0.4, 0.5) is 5.69 Å². The molecule has 168 valence electrons. The molecule has 0 bridgehead atoms. The van der Waals surface area contributed by atoms with Crippen LogP contribution in [0.25, 0.3) is 0 Å². The Balaban J connectivity index is 1.35. The largest absolute Gasteiger partial charge is 0.489 e. The van der Waals surface area contributed by atoms with Crippen molar-refractivity contribution in [3.8, 4) is 5.75 Å². The van der Waals surface area contributed by atoms with Crippen molar-refractivity contribution in [1.29, 1.82) is 0 Å². The number of carbonyl (C=O) groups excluding carboxylic acids is 1. The van der Waals surface area contributed by atoms with Crippen LogP contribution < -0.4 is 10.1 Å². The van der Waals surface area contributed by atoms with Gasteiger partial charge in [0.25, 0.3) is 5.91 Å². The molecule has 0 aliphatic rings. The van der Waals surface area contributed by atoms with E-state index in [2.05, 4.69) is 61.5 Å². The van der Waals surface area contributed by atoms with Crippen LogP contribution in [0.3, 0.4) is 0 Å². The molecule has 0 spiro atoms. The lowest BCUT2D eigenvalue weighted by Gasteiger charge is -2.10. The van der Waals surface area contributed by atoms with Gasteiger partial charge < -0.3 is 10.1 Å². The number of nitrogens with one attached hydrogen (secondary N) is 1. The Morgan fingerprint density at radius 2 is 1.76 bits per heavy atom. The van der Waals surface area contributed by atoms with Gasteiger partial charge in [0.1, 0.15) is 12.4 Å². The van der Waals surface area contributed by atoms with E-state index in [0.29, 0.717) is 30.3 Å². The lowest BCUT2D eigenvalue weighted by molar-refractivity contribution is 0.102. The summed E-state index contributed by atoms with van der Waals surface area (Å²) in [4.78, 5) is 12.8. The second-order valence-electron chi connectivity index (χ2n) is 8.58. The minimum Gasteiger partial charge on any atom is -0.489 e. The van der Waals surface area contributed by atoms with E-state index in [0.717, 1.165) is 11.3 Å². The highest BCUT2D eigenvalue weighted by atomic mass is 16.5. The minimum absolute atomic E-state index is 0.173. The van der Waals surface area contributed by atoms with Gasteiger partial charge in [0.05, 0.1) is 18.4 Å². The number of hydrogen-bond acceptors (Lipinski definition) is 3. The summed E-state index contributed by atoms with van der Waals surface area (Å²) >= 11 is 0. The number of ether oxygens (including phenoxy) is 1. The summed E-state index contributed by atoms with van der Waals surface area (Å²) in [5.41, 5.74) is 5.85. The third kappa shape index (κ3) is 6.10. The van der Waals surface area contributed by atoms with Crippen LogP contribution in [0.15, 0.2) is 85.2 Å². The lowest BCUT2D eigenvalue weighted by atomic mass is 10.0. The van der Waals surface area contributed by atoms with Gasteiger partial charge in [-0.15, -0.1) is 0 Å². The fraction of sp³-hybridized carbons (Fsp3) is 0.214. The zero-order chi connectivity index (χ0) is 23.2. The normalized spacial score (nSPS) is 10.9. The Morgan fingerprint density at radius 1 is 1.00 bits per heavy atom. The van der Waals surface area contributed by atoms with Crippen molar-refractivity contribution in [2.75, 3.05) is 5.32 Å². The molecule has 0 radical (unpaired) electrons. The number of anilines is 1. The molecule has 1 N–H and O–H groups in total. The van der Waals surface area contributed by atoms with Crippen molar-refractivity contribution in [2.24, 2.45) is 0 Å². The molecule has 4 aromatic rings. The summed E-state index contributed by atoms with van der Waals surface area (Å²) in [6.45, 7) is 7.46. The summed E-state index contributed by atoms with van der Waals surface area (Å²) in [5.74, 6) is 1.13. The average molecular weight is 440 g/mol. The molecule has 1 amide bonds. The molecule has 3 aromatic carbocycles. The van der Waals surface area contributed by atoms with Gasteiger partial charge in [0.15, 0.2) is 0 Å². The van der Waals surface area contributed by atoms with Crippen LogP contribution in [0.2, 0.25) is 0 Å². The number of carbonyl (C=O) groups is 1. The second-order valence-corrected chi connectivity index (χ2v) is 8.58. The molecular weight excluding hydrogens is 410 g/mol. The van der Waals surface area contributed by atoms with Gasteiger partial charge in [-0.25, -0.2) is 0 Å². The van der Waals surface area contributed by atoms with Crippen LogP contribution in [0.1, 0.15) is 52.4 Å². The molecule has 5 heteroatoms. The Kier molecular flexibility index (Phi) is 6.89. The number of benzene rings is 3. The van der Waals surface area contributed by atoms with Crippen LogP contribution >= 0.6 is 0 Å². The Hall–Kier alpha value is -3.86. The van der Waals surface area contributed by atoms with E-state index in [-0.39, 0.29) is 5.91 Å². The zero-order valence-corrected chi connectivity index (χ0v) is 19.3. The quantitative estimate of drug-likeness (QED) is 0.356. The van der Waals surface area contributed by atoms with E-state index in [1.165, 1.54) is 16.7 Å². The van der Waals surface area contributed by atoms with E-state index in [1.54, 1.807) is 12.3 Å². The highest BCUT2D eigenvalue weighted by molar-refractivity contribution is 6.04. The first kappa shape index (κ1) is 22.3. The maximum absolute atomic E-state index is 12.8. The van der Waals surface area contributed by atoms with E-state index >= 15 is 0 Å². The van der Waals surface area contributed by atoms with Gasteiger partial charge >= 0.3 is 0 Å². The molecule has 0 unspecified atom stereocenters. The van der Waals surface area contributed by atoms with Gasteiger partial charge in [-0.3, -0.25) is 9.48 Å². The molecule has 0 aliphatic heterocycles. The monoisotopic (exact) mass is 439 g/mol. The first-order valence-corrected chi connectivity index (χ1v) is 11.2. The third-order valence-electron chi connectivity index (χ3n) is 5.46. The molecule has 0 atom stereocenters. The molecule has 0 saturated carbocycles. The molecule has 33 heavy (non-hydrogen) atoms. The average Bonchev–Trinajstić information content (AvgIpc) is 3.24. The standard InChI is InChI=1S/C28H29N3O2/c1-20(2)24-10-12-27(13-11-24)33-19-23-8-5-9-25(15-23)28(32)30-26-16-29-31(18-26)17-22-7-4-6-21(3)14-22/h4-16,18,20H,17,19H2,1-3H3,(H,30,32). The van der Waals surface area contributed by atoms with E-state index < -0.39 is 0 Å².